The van der Waals surface area contributed by atoms with E-state index in [4.69, 9.17) is 13.9 Å². The number of esters is 1. The van der Waals surface area contributed by atoms with E-state index in [1.54, 1.807) is 37.3 Å². The van der Waals surface area contributed by atoms with Gasteiger partial charge in [-0.15, -0.1) is 0 Å². The van der Waals surface area contributed by atoms with Crippen LogP contribution in [-0.2, 0) is 19.5 Å². The number of rotatable bonds is 7. The Morgan fingerprint density at radius 3 is 2.41 bits per heavy atom. The molecule has 0 radical (unpaired) electrons. The molecule has 0 aliphatic rings. The number of anilines is 1. The number of methoxy groups -OCH3 is 1. The van der Waals surface area contributed by atoms with Gasteiger partial charge in [0, 0.05) is 23.3 Å². The second-order valence-corrected chi connectivity index (χ2v) is 8.75. The lowest BCUT2D eigenvalue weighted by molar-refractivity contribution is 0.0388. The first kappa shape index (κ1) is 21.8. The zero-order valence-electron chi connectivity index (χ0n) is 17.3. The van der Waals surface area contributed by atoms with Gasteiger partial charge in [0.15, 0.2) is 0 Å². The Labute approximate surface area is 183 Å². The highest BCUT2D eigenvalue weighted by atomic mass is 32.2. The summed E-state index contributed by atoms with van der Waals surface area (Å²) in [5, 5.41) is 1.63. The summed E-state index contributed by atoms with van der Waals surface area (Å²) in [5.41, 5.74) is 0.912. The number of benzene rings is 3. The van der Waals surface area contributed by atoms with Gasteiger partial charge >= 0.3 is 5.97 Å². The average molecular weight is 457 g/mol. The van der Waals surface area contributed by atoms with Crippen LogP contribution in [0.15, 0.2) is 63.9 Å². The van der Waals surface area contributed by atoms with Crippen LogP contribution < -0.4 is 4.72 Å². The molecule has 0 amide bonds. The minimum Gasteiger partial charge on any atom is -0.460 e. The standard InChI is InChI=1S/C23H20FNO6S/c1-14-21(23(26)30-12-11-29-2)19-13-20(17-5-3-4-6-18(17)22(19)31-14)25-32(27,28)16-9-7-15(24)8-10-16/h3-10,13,25H,11-12H2,1-2H3. The number of fused-ring (bicyclic) bond motifs is 3. The number of nitrogens with one attached hydrogen (secondary N) is 1. The number of hydrogen-bond donors (Lipinski definition) is 1. The molecule has 0 unspecified atom stereocenters. The van der Waals surface area contributed by atoms with E-state index in [1.165, 1.54) is 19.2 Å². The number of aryl methyl sites for hydroxylation is 1. The van der Waals surface area contributed by atoms with Gasteiger partial charge in [0.05, 0.1) is 17.2 Å². The second kappa shape index (κ2) is 8.60. The van der Waals surface area contributed by atoms with Crippen LogP contribution in [0, 0.1) is 12.7 Å². The maximum atomic E-state index is 13.2. The van der Waals surface area contributed by atoms with Crippen molar-refractivity contribution in [2.75, 3.05) is 25.0 Å². The van der Waals surface area contributed by atoms with Crippen molar-refractivity contribution < 1.29 is 31.5 Å². The fraction of sp³-hybridized carbons (Fsp3) is 0.174. The first-order valence-electron chi connectivity index (χ1n) is 9.71. The third-order valence-electron chi connectivity index (χ3n) is 4.96. The first-order chi connectivity index (χ1) is 15.3. The van der Waals surface area contributed by atoms with Gasteiger partial charge in [-0.1, -0.05) is 24.3 Å². The van der Waals surface area contributed by atoms with E-state index in [1.807, 2.05) is 0 Å². The minimum absolute atomic E-state index is 0.0685. The Morgan fingerprint density at radius 2 is 1.72 bits per heavy atom. The molecule has 166 valence electrons. The molecule has 32 heavy (non-hydrogen) atoms. The molecule has 0 saturated carbocycles. The van der Waals surface area contributed by atoms with Crippen molar-refractivity contribution in [1.82, 2.24) is 0 Å². The Kier molecular flexibility index (Phi) is 5.86. The number of hydrogen-bond acceptors (Lipinski definition) is 6. The third kappa shape index (κ3) is 4.04. The molecule has 0 bridgehead atoms. The number of ether oxygens (including phenoxy) is 2. The maximum Gasteiger partial charge on any atom is 0.342 e. The van der Waals surface area contributed by atoms with Crippen LogP contribution in [0.1, 0.15) is 16.1 Å². The van der Waals surface area contributed by atoms with E-state index in [-0.39, 0.29) is 29.4 Å². The van der Waals surface area contributed by atoms with Gasteiger partial charge in [0.25, 0.3) is 10.0 Å². The summed E-state index contributed by atoms with van der Waals surface area (Å²) in [6, 6.07) is 13.1. The van der Waals surface area contributed by atoms with Crippen molar-refractivity contribution in [3.8, 4) is 0 Å². The Bertz CT molecular complexity index is 1410. The van der Waals surface area contributed by atoms with Crippen LogP contribution in [0.5, 0.6) is 0 Å². The van der Waals surface area contributed by atoms with Gasteiger partial charge in [0.2, 0.25) is 0 Å². The van der Waals surface area contributed by atoms with Gasteiger partial charge in [-0.25, -0.2) is 17.6 Å². The third-order valence-corrected chi connectivity index (χ3v) is 6.35. The van der Waals surface area contributed by atoms with E-state index >= 15 is 0 Å². The van der Waals surface area contributed by atoms with E-state index in [2.05, 4.69) is 4.72 Å². The van der Waals surface area contributed by atoms with Gasteiger partial charge < -0.3 is 13.9 Å². The van der Waals surface area contributed by atoms with Crippen molar-refractivity contribution in [2.24, 2.45) is 0 Å². The van der Waals surface area contributed by atoms with E-state index in [0.717, 1.165) is 12.1 Å². The lowest BCUT2D eigenvalue weighted by atomic mass is 10.0. The van der Waals surface area contributed by atoms with Crippen molar-refractivity contribution >= 4 is 43.4 Å². The summed E-state index contributed by atoms with van der Waals surface area (Å²) in [7, 11) is -2.52. The van der Waals surface area contributed by atoms with Crippen molar-refractivity contribution in [2.45, 2.75) is 11.8 Å². The van der Waals surface area contributed by atoms with Crippen molar-refractivity contribution in [1.29, 1.82) is 0 Å². The molecule has 1 aromatic heterocycles. The van der Waals surface area contributed by atoms with Crippen molar-refractivity contribution in [3.05, 3.63) is 71.7 Å². The number of halogens is 1. The highest BCUT2D eigenvalue weighted by Crippen LogP contribution is 2.37. The molecule has 0 fully saturated rings. The molecule has 9 heteroatoms. The molecule has 0 spiro atoms. The summed E-state index contributed by atoms with van der Waals surface area (Å²) in [5.74, 6) is -0.784. The normalized spacial score (nSPS) is 11.7. The topological polar surface area (TPSA) is 94.8 Å². The van der Waals surface area contributed by atoms with Gasteiger partial charge in [-0.3, -0.25) is 4.72 Å². The van der Waals surface area contributed by atoms with Crippen LogP contribution in [0.25, 0.3) is 21.7 Å². The predicted molar refractivity (Wildman–Crippen MR) is 118 cm³/mol. The van der Waals surface area contributed by atoms with Crippen LogP contribution in [-0.4, -0.2) is 34.7 Å². The number of carbonyl (C=O) groups is 1. The first-order valence-corrected chi connectivity index (χ1v) is 11.2. The molecule has 4 rings (SSSR count). The number of sulfonamides is 1. The lowest BCUT2D eigenvalue weighted by Crippen LogP contribution is -2.13. The Morgan fingerprint density at radius 1 is 1.03 bits per heavy atom. The Balaban J connectivity index is 1.85. The van der Waals surface area contributed by atoms with Crippen LogP contribution in [0.4, 0.5) is 10.1 Å². The zero-order valence-corrected chi connectivity index (χ0v) is 18.2. The summed E-state index contributed by atoms with van der Waals surface area (Å²) in [6.07, 6.45) is 0. The summed E-state index contributed by atoms with van der Waals surface area (Å²) in [4.78, 5) is 12.6. The average Bonchev–Trinajstić information content (AvgIpc) is 3.10. The SMILES string of the molecule is COCCOC(=O)c1c(C)oc2c1cc(NS(=O)(=O)c1ccc(F)cc1)c1ccccc12. The molecule has 4 aromatic rings. The van der Waals surface area contributed by atoms with Crippen LogP contribution in [0.3, 0.4) is 0 Å². The van der Waals surface area contributed by atoms with E-state index < -0.39 is 21.8 Å². The minimum atomic E-state index is -4.01. The van der Waals surface area contributed by atoms with Gasteiger partial charge in [-0.05, 0) is 37.3 Å². The van der Waals surface area contributed by atoms with Gasteiger partial charge in [0.1, 0.15) is 29.3 Å². The highest BCUT2D eigenvalue weighted by Gasteiger charge is 2.24. The number of carbonyl (C=O) groups excluding carboxylic acids is 1. The van der Waals surface area contributed by atoms with E-state index in [0.29, 0.717) is 27.5 Å². The molecule has 7 nitrogen and oxygen atoms in total. The summed E-state index contributed by atoms with van der Waals surface area (Å²) in [6.45, 7) is 1.95. The quantitative estimate of drug-likeness (QED) is 0.321. The molecule has 3 aromatic carbocycles. The molecule has 1 heterocycles. The molecule has 0 saturated heterocycles. The molecule has 0 aliphatic carbocycles. The second-order valence-electron chi connectivity index (χ2n) is 7.07. The fourth-order valence-electron chi connectivity index (χ4n) is 3.48. The fourth-order valence-corrected chi connectivity index (χ4v) is 4.55. The maximum absolute atomic E-state index is 13.2. The molecule has 1 N–H and O–H groups in total. The zero-order chi connectivity index (χ0) is 22.9. The highest BCUT2D eigenvalue weighted by molar-refractivity contribution is 7.92. The largest absolute Gasteiger partial charge is 0.460 e. The molecular weight excluding hydrogens is 437 g/mol. The summed E-state index contributed by atoms with van der Waals surface area (Å²) < 4.78 is 57.7. The van der Waals surface area contributed by atoms with Crippen molar-refractivity contribution in [3.63, 3.8) is 0 Å². The van der Waals surface area contributed by atoms with E-state index in [9.17, 15) is 17.6 Å². The molecule has 0 aliphatic heterocycles. The van der Waals surface area contributed by atoms with Crippen LogP contribution in [0.2, 0.25) is 0 Å². The number of furan rings is 1. The monoisotopic (exact) mass is 457 g/mol. The Hall–Kier alpha value is -3.43. The molecule has 0 atom stereocenters. The molecular formula is C23H20FNO6S. The van der Waals surface area contributed by atoms with Crippen LogP contribution >= 0.6 is 0 Å². The smallest absolute Gasteiger partial charge is 0.342 e. The lowest BCUT2D eigenvalue weighted by Gasteiger charge is -2.12. The summed E-state index contributed by atoms with van der Waals surface area (Å²) >= 11 is 0. The van der Waals surface area contributed by atoms with Gasteiger partial charge in [-0.2, -0.15) is 0 Å². The predicted octanol–water partition coefficient (Wildman–Crippen LogP) is 4.64.